The maximum atomic E-state index is 13.5. The fraction of sp³-hybridized carbons (Fsp3) is 0.143. The lowest BCUT2D eigenvalue weighted by atomic mass is 10.1. The van der Waals surface area contributed by atoms with Gasteiger partial charge in [-0.1, -0.05) is 78.9 Å². The normalized spacial score (nSPS) is 16.4. The first-order valence-electron chi connectivity index (χ1n) is 11.0. The summed E-state index contributed by atoms with van der Waals surface area (Å²) in [6, 6.07) is 28.5. The van der Waals surface area contributed by atoms with Crippen LogP contribution in [0.15, 0.2) is 94.8 Å². The number of amidine groups is 1. The number of benzene rings is 3. The van der Waals surface area contributed by atoms with Crippen molar-refractivity contribution in [1.29, 1.82) is 0 Å². The largest absolute Gasteiger partial charge is 0.347 e. The summed E-state index contributed by atoms with van der Waals surface area (Å²) >= 11 is 1.46. The van der Waals surface area contributed by atoms with Gasteiger partial charge in [0.25, 0.3) is 5.91 Å². The molecule has 164 valence electrons. The second-order valence-corrected chi connectivity index (χ2v) is 9.16. The van der Waals surface area contributed by atoms with Crippen molar-refractivity contribution in [1.82, 2.24) is 9.47 Å². The van der Waals surface area contributed by atoms with Crippen LogP contribution in [0, 0.1) is 6.92 Å². The molecule has 0 spiro atoms. The van der Waals surface area contributed by atoms with Gasteiger partial charge in [0.05, 0.1) is 18.0 Å². The number of carbonyl (C=O) groups is 1. The fourth-order valence-electron chi connectivity index (χ4n) is 4.14. The van der Waals surface area contributed by atoms with Crippen LogP contribution < -0.4 is 0 Å². The Morgan fingerprint density at radius 3 is 2.24 bits per heavy atom. The SMILES string of the molecule is Cc1c(/C=C2/SC(=NCc3ccccc3)N(Cc3ccccc3)C2=O)c2ccccc2n1C. The molecule has 4 nitrogen and oxygen atoms in total. The van der Waals surface area contributed by atoms with E-state index in [2.05, 4.69) is 42.8 Å². The van der Waals surface area contributed by atoms with Gasteiger partial charge in [-0.2, -0.15) is 0 Å². The Hall–Kier alpha value is -3.57. The van der Waals surface area contributed by atoms with Gasteiger partial charge in [-0.15, -0.1) is 0 Å². The molecule has 4 aromatic rings. The molecule has 0 atom stereocenters. The van der Waals surface area contributed by atoms with E-state index in [1.165, 1.54) is 11.8 Å². The Bertz CT molecular complexity index is 1370. The molecule has 1 aromatic heterocycles. The van der Waals surface area contributed by atoms with Crippen molar-refractivity contribution in [3.05, 3.63) is 112 Å². The van der Waals surface area contributed by atoms with Gasteiger partial charge in [-0.05, 0) is 42.0 Å². The Balaban J connectivity index is 1.53. The maximum Gasteiger partial charge on any atom is 0.267 e. The maximum absolute atomic E-state index is 13.5. The van der Waals surface area contributed by atoms with Crippen molar-refractivity contribution >= 4 is 39.8 Å². The molecule has 0 aliphatic carbocycles. The lowest BCUT2D eigenvalue weighted by molar-refractivity contribution is -0.122. The smallest absolute Gasteiger partial charge is 0.267 e. The standard InChI is InChI=1S/C28H25N3OS/c1-20-24(23-15-9-10-16-25(23)30(20)2)17-26-27(32)31(19-22-13-7-4-8-14-22)28(33-26)29-18-21-11-5-3-6-12-21/h3-17H,18-19H2,1-2H3/b26-17+,29-28?. The van der Waals surface area contributed by atoms with Crippen molar-refractivity contribution in [3.63, 3.8) is 0 Å². The molecule has 33 heavy (non-hydrogen) atoms. The zero-order chi connectivity index (χ0) is 22.8. The molecule has 0 radical (unpaired) electrons. The van der Waals surface area contributed by atoms with Gasteiger partial charge < -0.3 is 4.57 Å². The summed E-state index contributed by atoms with van der Waals surface area (Å²) < 4.78 is 2.18. The highest BCUT2D eigenvalue weighted by Crippen LogP contribution is 2.36. The monoisotopic (exact) mass is 451 g/mol. The van der Waals surface area contributed by atoms with Gasteiger partial charge in [0, 0.05) is 29.2 Å². The van der Waals surface area contributed by atoms with Crippen LogP contribution in [-0.4, -0.2) is 20.5 Å². The lowest BCUT2D eigenvalue weighted by Crippen LogP contribution is -2.28. The van der Waals surface area contributed by atoms with E-state index in [-0.39, 0.29) is 5.91 Å². The van der Waals surface area contributed by atoms with Crippen LogP contribution in [0.2, 0.25) is 0 Å². The summed E-state index contributed by atoms with van der Waals surface area (Å²) in [6.45, 7) is 3.15. The topological polar surface area (TPSA) is 37.6 Å². The van der Waals surface area contributed by atoms with Crippen LogP contribution in [0.1, 0.15) is 22.4 Å². The molecule has 0 N–H and O–H groups in total. The van der Waals surface area contributed by atoms with E-state index >= 15 is 0 Å². The third kappa shape index (κ3) is 4.24. The van der Waals surface area contributed by atoms with E-state index in [1.807, 2.05) is 66.7 Å². The van der Waals surface area contributed by atoms with Crippen LogP contribution in [0.5, 0.6) is 0 Å². The summed E-state index contributed by atoms with van der Waals surface area (Å²) in [6.07, 6.45) is 2.04. The minimum absolute atomic E-state index is 0.00278. The van der Waals surface area contributed by atoms with Crippen molar-refractivity contribution < 1.29 is 4.79 Å². The highest BCUT2D eigenvalue weighted by molar-refractivity contribution is 8.18. The fourth-order valence-corrected chi connectivity index (χ4v) is 5.09. The molecular formula is C28H25N3OS. The first-order valence-corrected chi connectivity index (χ1v) is 11.8. The van der Waals surface area contributed by atoms with E-state index < -0.39 is 0 Å². The van der Waals surface area contributed by atoms with Crippen LogP contribution in [0.4, 0.5) is 0 Å². The molecule has 0 unspecified atom stereocenters. The zero-order valence-corrected chi connectivity index (χ0v) is 19.5. The van der Waals surface area contributed by atoms with Crippen molar-refractivity contribution in [2.45, 2.75) is 20.0 Å². The van der Waals surface area contributed by atoms with Crippen LogP contribution in [-0.2, 0) is 24.9 Å². The van der Waals surface area contributed by atoms with Crippen molar-refractivity contribution in [2.24, 2.45) is 12.0 Å². The third-order valence-electron chi connectivity index (χ3n) is 6.04. The van der Waals surface area contributed by atoms with E-state index in [0.717, 1.165) is 38.5 Å². The quantitative estimate of drug-likeness (QED) is 0.341. The van der Waals surface area contributed by atoms with Gasteiger partial charge >= 0.3 is 0 Å². The predicted molar refractivity (Wildman–Crippen MR) is 138 cm³/mol. The Kier molecular flexibility index (Phi) is 5.88. The molecule has 1 aliphatic heterocycles. The summed E-state index contributed by atoms with van der Waals surface area (Å²) in [5.41, 5.74) is 5.60. The predicted octanol–water partition coefficient (Wildman–Crippen LogP) is 6.16. The highest BCUT2D eigenvalue weighted by atomic mass is 32.2. The Morgan fingerprint density at radius 1 is 0.879 bits per heavy atom. The summed E-state index contributed by atoms with van der Waals surface area (Å²) in [5.74, 6) is 0.00278. The molecule has 0 saturated carbocycles. The molecule has 3 aromatic carbocycles. The van der Waals surface area contributed by atoms with E-state index in [9.17, 15) is 4.79 Å². The molecule has 5 rings (SSSR count). The number of para-hydroxylation sites is 1. The molecule has 1 aliphatic rings. The van der Waals surface area contributed by atoms with E-state index in [0.29, 0.717) is 18.0 Å². The number of hydrogen-bond acceptors (Lipinski definition) is 3. The minimum Gasteiger partial charge on any atom is -0.347 e. The average Bonchev–Trinajstić information content (AvgIpc) is 3.28. The van der Waals surface area contributed by atoms with Gasteiger partial charge in [-0.3, -0.25) is 14.7 Å². The van der Waals surface area contributed by atoms with Crippen molar-refractivity contribution in [3.8, 4) is 0 Å². The number of thioether (sulfide) groups is 1. The number of fused-ring (bicyclic) bond motifs is 1. The summed E-state index contributed by atoms with van der Waals surface area (Å²) in [7, 11) is 2.07. The van der Waals surface area contributed by atoms with E-state index in [4.69, 9.17) is 4.99 Å². The number of aromatic nitrogens is 1. The van der Waals surface area contributed by atoms with Gasteiger partial charge in [0.2, 0.25) is 0 Å². The van der Waals surface area contributed by atoms with Crippen LogP contribution >= 0.6 is 11.8 Å². The summed E-state index contributed by atoms with van der Waals surface area (Å²) in [5, 5.41) is 1.90. The molecule has 1 saturated heterocycles. The molecule has 1 amide bonds. The second-order valence-electron chi connectivity index (χ2n) is 8.15. The lowest BCUT2D eigenvalue weighted by Gasteiger charge is -2.15. The molecule has 2 heterocycles. The molecular weight excluding hydrogens is 426 g/mol. The first kappa shape index (κ1) is 21.3. The number of amides is 1. The zero-order valence-electron chi connectivity index (χ0n) is 18.7. The minimum atomic E-state index is 0.00278. The number of hydrogen-bond donors (Lipinski definition) is 0. The average molecular weight is 452 g/mol. The number of carbonyl (C=O) groups excluding carboxylic acids is 1. The second kappa shape index (κ2) is 9.12. The first-order chi connectivity index (χ1) is 16.1. The molecule has 1 fully saturated rings. The Labute approximate surface area is 198 Å². The van der Waals surface area contributed by atoms with Gasteiger partial charge in [-0.25, -0.2) is 0 Å². The van der Waals surface area contributed by atoms with E-state index in [1.54, 1.807) is 4.90 Å². The molecule has 0 bridgehead atoms. The van der Waals surface area contributed by atoms with Crippen LogP contribution in [0.25, 0.3) is 17.0 Å². The van der Waals surface area contributed by atoms with Gasteiger partial charge in [0.15, 0.2) is 5.17 Å². The number of nitrogens with zero attached hydrogens (tertiary/aromatic N) is 3. The third-order valence-corrected chi connectivity index (χ3v) is 7.08. The summed E-state index contributed by atoms with van der Waals surface area (Å²) in [4.78, 5) is 20.9. The van der Waals surface area contributed by atoms with Crippen molar-refractivity contribution in [2.75, 3.05) is 0 Å². The number of rotatable bonds is 5. The number of aliphatic imine (C=N–C) groups is 1. The molecule has 5 heteroatoms. The number of aryl methyl sites for hydroxylation is 1. The van der Waals surface area contributed by atoms with Crippen LogP contribution in [0.3, 0.4) is 0 Å². The van der Waals surface area contributed by atoms with Gasteiger partial charge in [0.1, 0.15) is 0 Å². The highest BCUT2D eigenvalue weighted by Gasteiger charge is 2.33. The Morgan fingerprint density at radius 2 is 1.52 bits per heavy atom.